The van der Waals surface area contributed by atoms with E-state index in [0.717, 1.165) is 30.9 Å². The highest BCUT2D eigenvalue weighted by Gasteiger charge is 2.25. The van der Waals surface area contributed by atoms with Crippen molar-refractivity contribution in [3.63, 3.8) is 0 Å². The summed E-state index contributed by atoms with van der Waals surface area (Å²) in [7, 11) is 0. The maximum absolute atomic E-state index is 5.94. The molecule has 2 heterocycles. The lowest BCUT2D eigenvalue weighted by Gasteiger charge is -2.26. The third-order valence-corrected chi connectivity index (χ3v) is 2.88. The molecule has 0 aliphatic carbocycles. The van der Waals surface area contributed by atoms with Gasteiger partial charge in [-0.15, -0.1) is 0 Å². The Labute approximate surface area is 84.5 Å². The van der Waals surface area contributed by atoms with Gasteiger partial charge in [-0.05, 0) is 19.8 Å². The largest absolute Gasteiger partial charge is 0.326 e. The van der Waals surface area contributed by atoms with Crippen LogP contribution in [0.15, 0.2) is 0 Å². The Morgan fingerprint density at radius 1 is 1.64 bits per heavy atom. The maximum Gasteiger partial charge on any atom is 0.150 e. The van der Waals surface area contributed by atoms with E-state index in [1.165, 1.54) is 6.42 Å². The molecule has 14 heavy (non-hydrogen) atoms. The second-order valence-electron chi connectivity index (χ2n) is 4.06. The Balaban J connectivity index is 2.33. The Hall–Kier alpha value is -0.900. The second-order valence-corrected chi connectivity index (χ2v) is 4.06. The van der Waals surface area contributed by atoms with Crippen molar-refractivity contribution in [1.29, 1.82) is 0 Å². The van der Waals surface area contributed by atoms with E-state index in [1.807, 2.05) is 11.6 Å². The van der Waals surface area contributed by atoms with E-state index in [0.29, 0.717) is 6.04 Å². The molecule has 0 spiro atoms. The Bertz CT molecular complexity index is 316. The minimum Gasteiger partial charge on any atom is -0.326 e. The SMILES string of the molecule is CCc1nc2n(n1)C(C(C)N)CCC2. The fourth-order valence-electron chi connectivity index (χ4n) is 2.07. The van der Waals surface area contributed by atoms with Crippen molar-refractivity contribution in [2.24, 2.45) is 5.73 Å². The highest BCUT2D eigenvalue weighted by atomic mass is 15.4. The smallest absolute Gasteiger partial charge is 0.150 e. The van der Waals surface area contributed by atoms with Gasteiger partial charge in [0.05, 0.1) is 6.04 Å². The van der Waals surface area contributed by atoms with Gasteiger partial charge in [-0.25, -0.2) is 9.67 Å². The molecular weight excluding hydrogens is 176 g/mol. The number of aryl methyl sites for hydroxylation is 2. The van der Waals surface area contributed by atoms with Gasteiger partial charge in [0.15, 0.2) is 5.82 Å². The molecule has 0 radical (unpaired) electrons. The molecular formula is C10H18N4. The van der Waals surface area contributed by atoms with Gasteiger partial charge < -0.3 is 5.73 Å². The van der Waals surface area contributed by atoms with Gasteiger partial charge >= 0.3 is 0 Å². The fraction of sp³-hybridized carbons (Fsp3) is 0.800. The third-order valence-electron chi connectivity index (χ3n) is 2.88. The summed E-state index contributed by atoms with van der Waals surface area (Å²) in [5, 5.41) is 4.50. The molecule has 1 aliphatic rings. The lowest BCUT2D eigenvalue weighted by Crippen LogP contribution is -2.33. The zero-order chi connectivity index (χ0) is 10.1. The molecule has 0 saturated carbocycles. The third kappa shape index (κ3) is 1.54. The molecule has 2 unspecified atom stereocenters. The summed E-state index contributed by atoms with van der Waals surface area (Å²) in [6.45, 7) is 4.13. The van der Waals surface area contributed by atoms with Crippen LogP contribution in [0, 0.1) is 0 Å². The first-order valence-corrected chi connectivity index (χ1v) is 5.42. The van der Waals surface area contributed by atoms with Crippen LogP contribution in [0.4, 0.5) is 0 Å². The monoisotopic (exact) mass is 194 g/mol. The predicted octanol–water partition coefficient (Wildman–Crippen LogP) is 1.07. The molecule has 0 fully saturated rings. The molecule has 1 aliphatic heterocycles. The Kier molecular flexibility index (Phi) is 2.54. The molecule has 2 atom stereocenters. The molecule has 0 bridgehead atoms. The van der Waals surface area contributed by atoms with Crippen LogP contribution in [-0.2, 0) is 12.8 Å². The van der Waals surface area contributed by atoms with Crippen molar-refractivity contribution in [1.82, 2.24) is 14.8 Å². The Morgan fingerprint density at radius 2 is 2.43 bits per heavy atom. The minimum atomic E-state index is 0.167. The van der Waals surface area contributed by atoms with E-state index in [2.05, 4.69) is 17.0 Å². The molecule has 0 aromatic carbocycles. The number of nitrogens with two attached hydrogens (primary N) is 1. The van der Waals surface area contributed by atoms with Crippen molar-refractivity contribution >= 4 is 0 Å². The van der Waals surface area contributed by atoms with Crippen molar-refractivity contribution in [2.45, 2.75) is 51.6 Å². The first kappa shape index (κ1) is 9.65. The quantitative estimate of drug-likeness (QED) is 0.766. The van der Waals surface area contributed by atoms with Crippen LogP contribution in [-0.4, -0.2) is 20.8 Å². The number of aromatic nitrogens is 3. The summed E-state index contributed by atoms with van der Waals surface area (Å²) in [6.07, 6.45) is 4.28. The van der Waals surface area contributed by atoms with Gasteiger partial charge in [0.1, 0.15) is 5.82 Å². The first-order valence-electron chi connectivity index (χ1n) is 5.42. The average Bonchev–Trinajstić information content (AvgIpc) is 2.59. The van der Waals surface area contributed by atoms with Crippen LogP contribution >= 0.6 is 0 Å². The molecule has 78 valence electrons. The number of fused-ring (bicyclic) bond motifs is 1. The highest BCUT2D eigenvalue weighted by Crippen LogP contribution is 2.24. The number of nitrogens with zero attached hydrogens (tertiary/aromatic N) is 3. The van der Waals surface area contributed by atoms with Gasteiger partial charge in [0.25, 0.3) is 0 Å². The second kappa shape index (κ2) is 3.69. The number of hydrogen-bond acceptors (Lipinski definition) is 3. The van der Waals surface area contributed by atoms with Crippen LogP contribution in [0.5, 0.6) is 0 Å². The van der Waals surface area contributed by atoms with Crippen LogP contribution < -0.4 is 5.73 Å². The normalized spacial score (nSPS) is 23.2. The van der Waals surface area contributed by atoms with Crippen molar-refractivity contribution < 1.29 is 0 Å². The maximum atomic E-state index is 5.94. The molecule has 4 heteroatoms. The van der Waals surface area contributed by atoms with E-state index in [4.69, 9.17) is 5.73 Å². The van der Waals surface area contributed by atoms with Crippen LogP contribution in [0.2, 0.25) is 0 Å². The van der Waals surface area contributed by atoms with Crippen molar-refractivity contribution in [3.8, 4) is 0 Å². The minimum absolute atomic E-state index is 0.167. The van der Waals surface area contributed by atoms with Crippen LogP contribution in [0.1, 0.15) is 44.4 Å². The van der Waals surface area contributed by atoms with Crippen LogP contribution in [0.25, 0.3) is 0 Å². The number of rotatable bonds is 2. The van der Waals surface area contributed by atoms with Gasteiger partial charge in [-0.2, -0.15) is 5.10 Å². The topological polar surface area (TPSA) is 56.7 Å². The lowest BCUT2D eigenvalue weighted by molar-refractivity contribution is 0.320. The predicted molar refractivity (Wildman–Crippen MR) is 55.0 cm³/mol. The number of hydrogen-bond donors (Lipinski definition) is 1. The molecule has 2 rings (SSSR count). The van der Waals surface area contributed by atoms with E-state index in [9.17, 15) is 0 Å². The van der Waals surface area contributed by atoms with Gasteiger partial charge in [-0.1, -0.05) is 6.92 Å². The first-order chi connectivity index (χ1) is 6.72. The summed E-state index contributed by atoms with van der Waals surface area (Å²) >= 11 is 0. The van der Waals surface area contributed by atoms with Crippen LogP contribution in [0.3, 0.4) is 0 Å². The summed E-state index contributed by atoms with van der Waals surface area (Å²) in [4.78, 5) is 4.50. The summed E-state index contributed by atoms with van der Waals surface area (Å²) in [5.41, 5.74) is 5.94. The highest BCUT2D eigenvalue weighted by molar-refractivity contribution is 4.99. The molecule has 4 nitrogen and oxygen atoms in total. The summed E-state index contributed by atoms with van der Waals surface area (Å²) in [6, 6.07) is 0.520. The van der Waals surface area contributed by atoms with Crippen molar-refractivity contribution in [3.05, 3.63) is 11.6 Å². The van der Waals surface area contributed by atoms with E-state index < -0.39 is 0 Å². The molecule has 0 saturated heterocycles. The average molecular weight is 194 g/mol. The molecule has 2 N–H and O–H groups in total. The lowest BCUT2D eigenvalue weighted by atomic mass is 10.00. The van der Waals surface area contributed by atoms with Crippen molar-refractivity contribution in [2.75, 3.05) is 0 Å². The van der Waals surface area contributed by atoms with E-state index in [1.54, 1.807) is 0 Å². The zero-order valence-corrected chi connectivity index (χ0v) is 8.90. The van der Waals surface area contributed by atoms with E-state index >= 15 is 0 Å². The molecule has 0 amide bonds. The molecule has 1 aromatic rings. The van der Waals surface area contributed by atoms with Gasteiger partial charge in [0.2, 0.25) is 0 Å². The van der Waals surface area contributed by atoms with Gasteiger partial charge in [-0.3, -0.25) is 0 Å². The zero-order valence-electron chi connectivity index (χ0n) is 8.90. The summed E-state index contributed by atoms with van der Waals surface area (Å²) in [5.74, 6) is 2.07. The standard InChI is InChI=1S/C10H18N4/c1-3-9-12-10-6-4-5-8(7(2)11)14(10)13-9/h7-8H,3-6,11H2,1-2H3. The van der Waals surface area contributed by atoms with Gasteiger partial charge in [0, 0.05) is 18.9 Å². The molecule has 1 aromatic heterocycles. The van der Waals surface area contributed by atoms with E-state index in [-0.39, 0.29) is 6.04 Å². The summed E-state index contributed by atoms with van der Waals surface area (Å²) < 4.78 is 2.05. The fourth-order valence-corrected chi connectivity index (χ4v) is 2.07. The Morgan fingerprint density at radius 3 is 3.07 bits per heavy atom.